The Morgan fingerprint density at radius 1 is 0.250 bits per heavy atom. The number of hydrogen-bond acceptors (Lipinski definition) is 3. The zero-order valence-corrected chi connectivity index (χ0v) is 26.7. The minimum Gasteiger partial charge on any atom is -0.208 e. The van der Waals surface area contributed by atoms with E-state index in [1.807, 2.05) is 6.07 Å². The third-order valence-corrected chi connectivity index (χ3v) is 8.58. The molecule has 0 atom stereocenters. The molecule has 0 N–H and O–H groups in total. The van der Waals surface area contributed by atoms with E-state index >= 15 is 0 Å². The smallest absolute Gasteiger partial charge is 0.164 e. The Morgan fingerprint density at radius 2 is 0.477 bits per heavy atom. The molecule has 0 amide bonds. The van der Waals surface area contributed by atoms with Crippen LogP contribution >= 0.6 is 31.9 Å². The largest absolute Gasteiger partial charge is 0.208 e. The van der Waals surface area contributed by atoms with Crippen molar-refractivity contribution in [1.29, 1.82) is 0 Å². The summed E-state index contributed by atoms with van der Waals surface area (Å²) in [4.78, 5) is 14.9. The Morgan fingerprint density at radius 3 is 0.773 bits per heavy atom. The predicted octanol–water partition coefficient (Wildman–Crippen LogP) is 11.4. The van der Waals surface area contributed by atoms with Crippen LogP contribution in [0.1, 0.15) is 0 Å². The molecule has 7 aromatic rings. The van der Waals surface area contributed by atoms with Gasteiger partial charge in [0.05, 0.1) is 0 Å². The number of benzene rings is 6. The second-order valence-corrected chi connectivity index (χ2v) is 12.2. The van der Waals surface area contributed by atoms with Crippen LogP contribution in [0.5, 0.6) is 0 Å². The Labute approximate surface area is 273 Å². The van der Waals surface area contributed by atoms with E-state index in [0.29, 0.717) is 17.5 Å². The van der Waals surface area contributed by atoms with Crippen molar-refractivity contribution in [3.05, 3.63) is 161 Å². The first kappa shape index (κ1) is 28.1. The summed E-state index contributed by atoms with van der Waals surface area (Å²) < 4.78 is 2.12. The minimum atomic E-state index is 0.636. The standard InChI is InChI=1S/C39H25Br2N3/c40-35-22-18-30(19-23-35)28-8-14-33(15-9-28)38-42-37(32-12-6-27(7-13-32)26-4-2-1-3-5-26)43-39(44-38)34-16-10-29(11-17-34)31-20-24-36(41)25-21-31/h1-25H. The van der Waals surface area contributed by atoms with Crippen LogP contribution in [0.3, 0.4) is 0 Å². The van der Waals surface area contributed by atoms with Crippen molar-refractivity contribution in [2.45, 2.75) is 0 Å². The van der Waals surface area contributed by atoms with Crippen molar-refractivity contribution in [2.24, 2.45) is 0 Å². The van der Waals surface area contributed by atoms with Crippen molar-refractivity contribution in [1.82, 2.24) is 15.0 Å². The number of rotatable bonds is 6. The number of nitrogens with zero attached hydrogens (tertiary/aromatic N) is 3. The molecule has 0 radical (unpaired) electrons. The fourth-order valence-electron chi connectivity index (χ4n) is 5.11. The average molecular weight is 695 g/mol. The van der Waals surface area contributed by atoms with E-state index in [1.54, 1.807) is 0 Å². The summed E-state index contributed by atoms with van der Waals surface area (Å²) in [5, 5.41) is 0. The maximum Gasteiger partial charge on any atom is 0.164 e. The summed E-state index contributed by atoms with van der Waals surface area (Å²) in [5.41, 5.74) is 9.71. The molecular weight excluding hydrogens is 670 g/mol. The van der Waals surface area contributed by atoms with Crippen LogP contribution < -0.4 is 0 Å². The summed E-state index contributed by atoms with van der Waals surface area (Å²) in [6.45, 7) is 0. The summed E-state index contributed by atoms with van der Waals surface area (Å²) in [7, 11) is 0. The molecule has 0 saturated heterocycles. The van der Waals surface area contributed by atoms with Gasteiger partial charge in [0.2, 0.25) is 0 Å². The monoisotopic (exact) mass is 693 g/mol. The lowest BCUT2D eigenvalue weighted by Crippen LogP contribution is -2.00. The van der Waals surface area contributed by atoms with Gasteiger partial charge in [-0.1, -0.05) is 159 Å². The number of hydrogen-bond donors (Lipinski definition) is 0. The maximum absolute atomic E-state index is 4.96. The molecule has 1 aromatic heterocycles. The Hall–Kier alpha value is -4.71. The van der Waals surface area contributed by atoms with E-state index < -0.39 is 0 Å². The first-order valence-electron chi connectivity index (χ1n) is 14.2. The van der Waals surface area contributed by atoms with Crippen molar-refractivity contribution in [3.8, 4) is 67.5 Å². The zero-order valence-electron chi connectivity index (χ0n) is 23.5. The molecule has 0 bridgehead atoms. The highest BCUT2D eigenvalue weighted by Gasteiger charge is 2.13. The molecule has 0 saturated carbocycles. The van der Waals surface area contributed by atoms with Gasteiger partial charge in [0.15, 0.2) is 17.5 Å². The van der Waals surface area contributed by atoms with Gasteiger partial charge in [-0.25, -0.2) is 15.0 Å². The molecule has 210 valence electrons. The molecule has 3 nitrogen and oxygen atoms in total. The molecule has 0 aliphatic carbocycles. The lowest BCUT2D eigenvalue weighted by Gasteiger charge is -2.10. The summed E-state index contributed by atoms with van der Waals surface area (Å²) in [5.74, 6) is 1.91. The molecule has 1 heterocycles. The second kappa shape index (κ2) is 12.5. The van der Waals surface area contributed by atoms with Gasteiger partial charge in [-0.05, 0) is 57.6 Å². The molecule has 0 aliphatic heterocycles. The Balaban J connectivity index is 1.27. The van der Waals surface area contributed by atoms with Crippen LogP contribution in [0.2, 0.25) is 0 Å². The average Bonchev–Trinajstić information content (AvgIpc) is 3.09. The van der Waals surface area contributed by atoms with Gasteiger partial charge in [-0.3, -0.25) is 0 Å². The van der Waals surface area contributed by atoms with E-state index in [2.05, 4.69) is 177 Å². The summed E-state index contributed by atoms with van der Waals surface area (Å²) in [6.07, 6.45) is 0. The summed E-state index contributed by atoms with van der Waals surface area (Å²) in [6, 6.07) is 52.2. The van der Waals surface area contributed by atoms with Crippen LogP contribution in [0.25, 0.3) is 67.5 Å². The van der Waals surface area contributed by atoms with Gasteiger partial charge < -0.3 is 0 Å². The third-order valence-electron chi connectivity index (χ3n) is 7.53. The van der Waals surface area contributed by atoms with E-state index in [9.17, 15) is 0 Å². The molecule has 7 rings (SSSR count). The third kappa shape index (κ3) is 6.16. The SMILES string of the molecule is Brc1ccc(-c2ccc(-c3nc(-c4ccc(-c5ccccc5)cc4)nc(-c4ccc(-c5ccc(Br)cc5)cc4)n3)cc2)cc1. The molecule has 0 spiro atoms. The van der Waals surface area contributed by atoms with Crippen LogP contribution in [0, 0.1) is 0 Å². The van der Waals surface area contributed by atoms with E-state index in [4.69, 9.17) is 15.0 Å². The van der Waals surface area contributed by atoms with Crippen LogP contribution in [-0.4, -0.2) is 15.0 Å². The van der Waals surface area contributed by atoms with Gasteiger partial charge >= 0.3 is 0 Å². The lowest BCUT2D eigenvalue weighted by atomic mass is 10.0. The number of aromatic nitrogens is 3. The molecule has 6 aromatic carbocycles. The van der Waals surface area contributed by atoms with Crippen molar-refractivity contribution >= 4 is 31.9 Å². The molecule has 0 aliphatic rings. The van der Waals surface area contributed by atoms with Crippen molar-refractivity contribution in [3.63, 3.8) is 0 Å². The molecule has 0 unspecified atom stereocenters. The second-order valence-electron chi connectivity index (χ2n) is 10.4. The Kier molecular flexibility index (Phi) is 7.97. The topological polar surface area (TPSA) is 38.7 Å². The van der Waals surface area contributed by atoms with E-state index in [-0.39, 0.29) is 0 Å². The zero-order chi connectivity index (χ0) is 29.9. The van der Waals surface area contributed by atoms with Gasteiger partial charge in [0.25, 0.3) is 0 Å². The van der Waals surface area contributed by atoms with Crippen LogP contribution in [0.15, 0.2) is 161 Å². The fraction of sp³-hybridized carbons (Fsp3) is 0. The quantitative estimate of drug-likeness (QED) is 0.174. The predicted molar refractivity (Wildman–Crippen MR) is 188 cm³/mol. The fourth-order valence-corrected chi connectivity index (χ4v) is 5.64. The highest BCUT2D eigenvalue weighted by atomic mass is 79.9. The van der Waals surface area contributed by atoms with Crippen molar-refractivity contribution < 1.29 is 0 Å². The normalized spacial score (nSPS) is 11.0. The van der Waals surface area contributed by atoms with Crippen LogP contribution in [0.4, 0.5) is 0 Å². The molecule has 0 fully saturated rings. The molecular formula is C39H25Br2N3. The van der Waals surface area contributed by atoms with Gasteiger partial charge in [0, 0.05) is 25.6 Å². The molecule has 44 heavy (non-hydrogen) atoms. The van der Waals surface area contributed by atoms with Gasteiger partial charge in [-0.15, -0.1) is 0 Å². The summed E-state index contributed by atoms with van der Waals surface area (Å²) >= 11 is 7.04. The number of halogens is 2. The van der Waals surface area contributed by atoms with Gasteiger partial charge in [-0.2, -0.15) is 0 Å². The highest BCUT2D eigenvalue weighted by molar-refractivity contribution is 9.10. The Bertz CT molecular complexity index is 1910. The minimum absolute atomic E-state index is 0.636. The lowest BCUT2D eigenvalue weighted by molar-refractivity contribution is 1.07. The van der Waals surface area contributed by atoms with Gasteiger partial charge in [0.1, 0.15) is 0 Å². The van der Waals surface area contributed by atoms with Crippen molar-refractivity contribution in [2.75, 3.05) is 0 Å². The molecule has 5 heteroatoms. The van der Waals surface area contributed by atoms with E-state index in [0.717, 1.165) is 53.5 Å². The van der Waals surface area contributed by atoms with E-state index in [1.165, 1.54) is 5.56 Å². The first-order chi connectivity index (χ1) is 21.6. The first-order valence-corrected chi connectivity index (χ1v) is 15.8. The highest BCUT2D eigenvalue weighted by Crippen LogP contribution is 2.30. The van der Waals surface area contributed by atoms with Crippen LogP contribution in [-0.2, 0) is 0 Å². The maximum atomic E-state index is 4.96.